The molecule has 1 spiro atoms. The summed E-state index contributed by atoms with van der Waals surface area (Å²) in [6, 6.07) is 15.7. The van der Waals surface area contributed by atoms with Crippen molar-refractivity contribution in [3.8, 4) is 0 Å². The first-order valence-electron chi connectivity index (χ1n) is 8.99. The van der Waals surface area contributed by atoms with Gasteiger partial charge in [0.25, 0.3) is 5.91 Å². The van der Waals surface area contributed by atoms with E-state index in [0.29, 0.717) is 18.4 Å². The van der Waals surface area contributed by atoms with Gasteiger partial charge in [-0.25, -0.2) is 4.79 Å². The lowest BCUT2D eigenvalue weighted by Gasteiger charge is -2.52. The van der Waals surface area contributed by atoms with Crippen molar-refractivity contribution in [2.24, 2.45) is 0 Å². The Kier molecular flexibility index (Phi) is 4.50. The third-order valence-corrected chi connectivity index (χ3v) is 5.42. The number of hydrogen-bond acceptors (Lipinski definition) is 3. The minimum absolute atomic E-state index is 0.00618. The number of benzene rings is 1. The van der Waals surface area contributed by atoms with Crippen LogP contribution in [0.2, 0.25) is 0 Å². The number of amides is 3. The van der Waals surface area contributed by atoms with Crippen molar-refractivity contribution < 1.29 is 27.5 Å². The number of carbonyl (C=O) groups is 2. The van der Waals surface area contributed by atoms with Gasteiger partial charge in [-0.05, 0) is 42.7 Å². The van der Waals surface area contributed by atoms with Crippen LogP contribution in [0.1, 0.15) is 29.5 Å². The lowest BCUT2D eigenvalue weighted by Crippen LogP contribution is -2.65. The second-order valence-corrected chi connectivity index (χ2v) is 7.52. The third-order valence-electron chi connectivity index (χ3n) is 5.42. The Morgan fingerprint density at radius 2 is 1.93 bits per heavy atom. The molecule has 0 aromatic heterocycles. The predicted molar refractivity (Wildman–Crippen MR) is 95.5 cm³/mol. The van der Waals surface area contributed by atoms with Crippen molar-refractivity contribution >= 4 is 11.9 Å². The molecule has 2 N–H and O–H groups in total. The molecule has 1 saturated carbocycles. The summed E-state index contributed by atoms with van der Waals surface area (Å²) >= 11 is 0. The Labute approximate surface area is 165 Å². The summed E-state index contributed by atoms with van der Waals surface area (Å²) in [5.41, 5.74) is -1.12. The lowest BCUT2D eigenvalue weighted by molar-refractivity contribution is -0.137. The maximum absolute atomic E-state index is 12.9. The van der Waals surface area contributed by atoms with E-state index in [9.17, 15) is 22.8 Å². The first-order chi connectivity index (χ1) is 13.7. The van der Waals surface area contributed by atoms with Gasteiger partial charge in [0.1, 0.15) is 5.54 Å². The van der Waals surface area contributed by atoms with Gasteiger partial charge in [0.05, 0.1) is 18.8 Å². The Morgan fingerprint density at radius 1 is 1.14 bits per heavy atom. The lowest BCUT2D eigenvalue weighted by atomic mass is 9.55. The van der Waals surface area contributed by atoms with Gasteiger partial charge in [0.15, 0.2) is 0 Å². The molecule has 5 nitrogen and oxygen atoms in total. The topological polar surface area (TPSA) is 67.4 Å². The predicted octanol–water partition coefficient (Wildman–Crippen LogP) is 3.13. The number of imide groups is 1. The van der Waals surface area contributed by atoms with Crippen LogP contribution in [0.15, 0.2) is 42.5 Å². The molecule has 4 rings (SSSR count). The van der Waals surface area contributed by atoms with Gasteiger partial charge in [-0.3, -0.25) is 10.1 Å². The molecule has 2 aromatic carbocycles. The molecule has 1 aliphatic carbocycles. The smallest absolute Gasteiger partial charge is 0.376 e. The molecule has 150 valence electrons. The van der Waals surface area contributed by atoms with E-state index in [0.717, 1.165) is 17.7 Å². The van der Waals surface area contributed by atoms with Crippen molar-refractivity contribution in [1.29, 1.82) is 0 Å². The summed E-state index contributed by atoms with van der Waals surface area (Å²) < 4.78 is 44.4. The van der Waals surface area contributed by atoms with E-state index in [1.807, 2.05) is 6.07 Å². The summed E-state index contributed by atoms with van der Waals surface area (Å²) in [6.45, 7) is 0.163. The van der Waals surface area contributed by atoms with E-state index in [-0.39, 0.29) is 19.1 Å². The van der Waals surface area contributed by atoms with Crippen molar-refractivity contribution in [2.45, 2.75) is 36.6 Å². The van der Waals surface area contributed by atoms with Crippen LogP contribution in [0, 0.1) is 12.1 Å². The standard InChI is InChI=1S/C21H17F3N2O3/c22-21(23,24)16-8-4-5-14(9-16)10-29-13-19(15-6-2-1-3-7-15)11-20(12-19)17(27)25-18(28)26-20/h1-2,4-6,8-9H,10-13H2,(H2,25,26,27,28). The first-order valence-corrected chi connectivity index (χ1v) is 8.99. The van der Waals surface area contributed by atoms with Gasteiger partial charge in [-0.15, -0.1) is 0 Å². The monoisotopic (exact) mass is 402 g/mol. The zero-order valence-corrected chi connectivity index (χ0v) is 15.2. The third kappa shape index (κ3) is 3.54. The molecule has 2 aromatic rings. The van der Waals surface area contributed by atoms with Gasteiger partial charge in [-0.2, -0.15) is 13.2 Å². The maximum atomic E-state index is 12.9. The second-order valence-electron chi connectivity index (χ2n) is 7.52. The largest absolute Gasteiger partial charge is 0.416 e. The number of halogens is 3. The molecule has 1 saturated heterocycles. The Bertz CT molecular complexity index is 938. The summed E-state index contributed by atoms with van der Waals surface area (Å²) in [6.07, 6.45) is -3.79. The van der Waals surface area contributed by atoms with Crippen LogP contribution < -0.4 is 10.6 Å². The minimum Gasteiger partial charge on any atom is -0.376 e. The van der Waals surface area contributed by atoms with Crippen molar-refractivity contribution in [1.82, 2.24) is 10.6 Å². The average Bonchev–Trinajstić information content (AvgIpc) is 2.95. The highest BCUT2D eigenvalue weighted by atomic mass is 19.4. The maximum Gasteiger partial charge on any atom is 0.416 e. The molecule has 29 heavy (non-hydrogen) atoms. The van der Waals surface area contributed by atoms with Gasteiger partial charge >= 0.3 is 12.2 Å². The van der Waals surface area contributed by atoms with Crippen LogP contribution in [-0.4, -0.2) is 24.1 Å². The fourth-order valence-corrected chi connectivity index (χ4v) is 4.12. The molecule has 0 radical (unpaired) electrons. The molecular weight excluding hydrogens is 385 g/mol. The van der Waals surface area contributed by atoms with Crippen molar-refractivity contribution in [2.75, 3.05) is 6.61 Å². The molecule has 0 unspecified atom stereocenters. The van der Waals surface area contributed by atoms with E-state index in [2.05, 4.69) is 22.8 Å². The SMILES string of the molecule is O=C1NC(=O)C2(CC(COCc3cccc(C(F)(F)F)c3)(c3c#cccc3)C2)N1. The van der Waals surface area contributed by atoms with Gasteiger partial charge in [0.2, 0.25) is 0 Å². The number of rotatable bonds is 5. The number of urea groups is 1. The van der Waals surface area contributed by atoms with Gasteiger partial charge < -0.3 is 10.1 Å². The quantitative estimate of drug-likeness (QED) is 0.756. The summed E-state index contributed by atoms with van der Waals surface area (Å²) in [5.74, 6) is -0.379. The highest BCUT2D eigenvalue weighted by Gasteiger charge is 2.63. The number of ether oxygens (including phenoxy) is 1. The first kappa shape index (κ1) is 19.3. The Balaban J connectivity index is 1.49. The molecule has 2 aliphatic rings. The summed E-state index contributed by atoms with van der Waals surface area (Å²) in [4.78, 5) is 23.7. The zero-order chi connectivity index (χ0) is 20.7. The minimum atomic E-state index is -4.42. The Hall–Kier alpha value is -3.05. The molecule has 8 heteroatoms. The second kappa shape index (κ2) is 6.78. The Morgan fingerprint density at radius 3 is 2.55 bits per heavy atom. The number of carbonyl (C=O) groups excluding carboxylic acids is 2. The van der Waals surface area contributed by atoms with E-state index < -0.39 is 28.7 Å². The van der Waals surface area contributed by atoms with Crippen LogP contribution in [0.3, 0.4) is 0 Å². The fourth-order valence-electron chi connectivity index (χ4n) is 4.12. The van der Waals surface area contributed by atoms with Crippen LogP contribution in [-0.2, 0) is 27.7 Å². The number of alkyl halides is 3. The number of hydrogen-bond donors (Lipinski definition) is 2. The van der Waals surface area contributed by atoms with Crippen LogP contribution >= 0.6 is 0 Å². The zero-order valence-electron chi connectivity index (χ0n) is 15.2. The van der Waals surface area contributed by atoms with E-state index in [4.69, 9.17) is 4.74 Å². The molecule has 3 amide bonds. The normalized spacial score (nSPS) is 25.9. The van der Waals surface area contributed by atoms with Crippen molar-refractivity contribution in [3.63, 3.8) is 0 Å². The molecule has 1 aliphatic heterocycles. The fraction of sp³-hybridized carbons (Fsp3) is 0.333. The van der Waals surface area contributed by atoms with Crippen LogP contribution in [0.5, 0.6) is 0 Å². The van der Waals surface area contributed by atoms with Crippen LogP contribution in [0.25, 0.3) is 0 Å². The van der Waals surface area contributed by atoms with Crippen molar-refractivity contribution in [3.05, 3.63) is 71.3 Å². The van der Waals surface area contributed by atoms with E-state index in [1.165, 1.54) is 6.07 Å². The van der Waals surface area contributed by atoms with Gasteiger partial charge in [-0.1, -0.05) is 30.3 Å². The van der Waals surface area contributed by atoms with Crippen LogP contribution in [0.4, 0.5) is 18.0 Å². The molecule has 1 heterocycles. The molecule has 0 atom stereocenters. The summed E-state index contributed by atoms with van der Waals surface area (Å²) in [5, 5.41) is 4.92. The molecular formula is C21H17F3N2O3. The van der Waals surface area contributed by atoms with Gasteiger partial charge in [0, 0.05) is 11.0 Å². The average molecular weight is 402 g/mol. The molecule has 0 bridgehead atoms. The highest BCUT2D eigenvalue weighted by Crippen LogP contribution is 2.51. The van der Waals surface area contributed by atoms with E-state index >= 15 is 0 Å². The number of nitrogens with one attached hydrogen (secondary N) is 2. The van der Waals surface area contributed by atoms with E-state index in [1.54, 1.807) is 18.2 Å². The summed E-state index contributed by atoms with van der Waals surface area (Å²) in [7, 11) is 0. The molecule has 2 fully saturated rings. The highest BCUT2D eigenvalue weighted by molar-refractivity contribution is 6.08.